The molecule has 1 saturated heterocycles. The quantitative estimate of drug-likeness (QED) is 0.214. The number of carboxylic acid groups (broad SMARTS) is 1. The second-order valence-corrected chi connectivity index (χ2v) is 12.7. The van der Waals surface area contributed by atoms with E-state index in [1.807, 2.05) is 0 Å². The fourth-order valence-electron chi connectivity index (χ4n) is 5.10. The number of aryl methyl sites for hydroxylation is 1. The van der Waals surface area contributed by atoms with Gasteiger partial charge in [-0.15, -0.1) is 26.3 Å². The lowest BCUT2D eigenvalue weighted by molar-refractivity contribution is -0.275. The van der Waals surface area contributed by atoms with Gasteiger partial charge in [-0.2, -0.15) is 4.31 Å². The SMILES string of the molecule is O=C(O)CCc1cncc2ncc(N3CCN(S(=O)(=O)c4ccc(OC(F)(F)F)cc4)C(C(=O)NCc4ccc(OC(F)(F)F)cc4)C3)nc12. The molecule has 4 aromatic rings. The lowest BCUT2D eigenvalue weighted by Crippen LogP contribution is -2.60. The molecule has 2 aromatic carbocycles. The molecule has 1 aliphatic rings. The molecule has 3 heterocycles. The normalized spacial score (nSPS) is 15.9. The van der Waals surface area contributed by atoms with E-state index in [-0.39, 0.29) is 44.8 Å². The van der Waals surface area contributed by atoms with Gasteiger partial charge in [0.1, 0.15) is 28.9 Å². The number of rotatable bonds is 11. The lowest BCUT2D eigenvalue weighted by atomic mass is 10.1. The van der Waals surface area contributed by atoms with Crippen molar-refractivity contribution in [3.05, 3.63) is 78.2 Å². The van der Waals surface area contributed by atoms with Gasteiger partial charge in [0.05, 0.1) is 22.8 Å². The maximum absolute atomic E-state index is 13.8. The van der Waals surface area contributed by atoms with Crippen LogP contribution >= 0.6 is 0 Å². The van der Waals surface area contributed by atoms with Crippen LogP contribution in [0.5, 0.6) is 11.5 Å². The number of hydrogen-bond donors (Lipinski definition) is 2. The number of ether oxygens (including phenoxy) is 2. The standard InChI is InChI=1S/C30H26F6N6O7S/c31-29(32,33)48-20-4-1-18(2-5-20)13-39-28(45)24-17-41(25-16-38-23-15-37-14-19(27(23)40-25)3-10-26(43)44)11-12-42(24)50(46,47)22-8-6-21(7-9-22)49-30(34,35)36/h1-2,4-9,14-16,24H,3,10-13,17H2,(H,39,45)(H,43,44). The largest absolute Gasteiger partial charge is 0.573 e. The molecule has 0 spiro atoms. The molecule has 0 saturated carbocycles. The molecule has 2 N–H and O–H groups in total. The van der Waals surface area contributed by atoms with Crippen LogP contribution < -0.4 is 19.7 Å². The minimum absolute atomic E-state index is 0.00528. The third-order valence-corrected chi connectivity index (χ3v) is 9.30. The van der Waals surface area contributed by atoms with Crippen LogP contribution in [0, 0.1) is 0 Å². The summed E-state index contributed by atoms with van der Waals surface area (Å²) in [4.78, 5) is 39.0. The van der Waals surface area contributed by atoms with E-state index in [9.17, 15) is 44.3 Å². The van der Waals surface area contributed by atoms with Crippen LogP contribution in [0.25, 0.3) is 11.0 Å². The first-order valence-electron chi connectivity index (χ1n) is 14.5. The number of halogens is 6. The maximum atomic E-state index is 13.8. The Morgan fingerprint density at radius 2 is 1.52 bits per heavy atom. The van der Waals surface area contributed by atoms with Crippen molar-refractivity contribution in [2.45, 2.75) is 43.0 Å². The molecule has 1 aliphatic heterocycles. The van der Waals surface area contributed by atoms with Crippen molar-refractivity contribution in [1.29, 1.82) is 0 Å². The number of hydrogen-bond acceptors (Lipinski definition) is 10. The molecule has 0 radical (unpaired) electrons. The van der Waals surface area contributed by atoms with E-state index in [2.05, 4.69) is 29.7 Å². The summed E-state index contributed by atoms with van der Waals surface area (Å²) in [5, 5.41) is 11.7. The summed E-state index contributed by atoms with van der Waals surface area (Å²) in [6, 6.07) is 6.64. The highest BCUT2D eigenvalue weighted by Crippen LogP contribution is 2.29. The molecule has 1 unspecified atom stereocenters. The first kappa shape index (κ1) is 36.1. The number of anilines is 1. The summed E-state index contributed by atoms with van der Waals surface area (Å²) in [5.41, 5.74) is 1.59. The van der Waals surface area contributed by atoms with Crippen molar-refractivity contribution in [3.63, 3.8) is 0 Å². The smallest absolute Gasteiger partial charge is 0.481 e. The van der Waals surface area contributed by atoms with Crippen LogP contribution in [0.1, 0.15) is 17.5 Å². The zero-order chi connectivity index (χ0) is 36.3. The van der Waals surface area contributed by atoms with E-state index in [1.165, 1.54) is 30.7 Å². The van der Waals surface area contributed by atoms with Gasteiger partial charge in [-0.1, -0.05) is 12.1 Å². The fourth-order valence-corrected chi connectivity index (χ4v) is 6.67. The molecule has 266 valence electrons. The Bertz CT molecular complexity index is 1960. The minimum Gasteiger partial charge on any atom is -0.481 e. The molecular formula is C30H26F6N6O7S. The number of carbonyl (C=O) groups is 2. The van der Waals surface area contributed by atoms with E-state index < -0.39 is 57.1 Å². The van der Waals surface area contributed by atoms with Crippen molar-refractivity contribution < 1.29 is 58.9 Å². The molecule has 2 aromatic heterocycles. The highest BCUT2D eigenvalue weighted by molar-refractivity contribution is 7.89. The third kappa shape index (κ3) is 9.05. The van der Waals surface area contributed by atoms with E-state index in [0.717, 1.165) is 40.7 Å². The Balaban J connectivity index is 1.41. The first-order valence-corrected chi connectivity index (χ1v) is 16.0. The highest BCUT2D eigenvalue weighted by Gasteiger charge is 2.41. The number of carboxylic acids is 1. The summed E-state index contributed by atoms with van der Waals surface area (Å²) in [7, 11) is -4.50. The third-order valence-electron chi connectivity index (χ3n) is 7.37. The summed E-state index contributed by atoms with van der Waals surface area (Å²) in [6.07, 6.45) is -5.74. The van der Waals surface area contributed by atoms with Gasteiger partial charge in [0.2, 0.25) is 15.9 Å². The highest BCUT2D eigenvalue weighted by atomic mass is 32.2. The van der Waals surface area contributed by atoms with Gasteiger partial charge in [0.25, 0.3) is 0 Å². The summed E-state index contributed by atoms with van der Waals surface area (Å²) >= 11 is 0. The zero-order valence-electron chi connectivity index (χ0n) is 25.5. The van der Waals surface area contributed by atoms with E-state index in [0.29, 0.717) is 22.2 Å². The second kappa shape index (κ2) is 14.3. The Labute approximate surface area is 279 Å². The predicted molar refractivity (Wildman–Crippen MR) is 161 cm³/mol. The number of pyridine rings is 1. The van der Waals surface area contributed by atoms with Crippen molar-refractivity contribution in [2.24, 2.45) is 0 Å². The summed E-state index contributed by atoms with van der Waals surface area (Å²) in [6.45, 7) is -0.773. The Morgan fingerprint density at radius 1 is 0.900 bits per heavy atom. The first-order chi connectivity index (χ1) is 23.5. The van der Waals surface area contributed by atoms with Crippen molar-refractivity contribution in [3.8, 4) is 11.5 Å². The van der Waals surface area contributed by atoms with Gasteiger partial charge in [0, 0.05) is 38.8 Å². The molecule has 1 amide bonds. The van der Waals surface area contributed by atoms with Crippen LogP contribution in [0.4, 0.5) is 32.2 Å². The fraction of sp³-hybridized carbons (Fsp3) is 0.300. The molecule has 20 heteroatoms. The molecule has 1 atom stereocenters. The predicted octanol–water partition coefficient (Wildman–Crippen LogP) is 4.04. The zero-order valence-corrected chi connectivity index (χ0v) is 26.3. The van der Waals surface area contributed by atoms with Gasteiger partial charge in [-0.25, -0.2) is 18.4 Å². The van der Waals surface area contributed by atoms with Crippen molar-refractivity contribution in [1.82, 2.24) is 24.6 Å². The van der Waals surface area contributed by atoms with E-state index in [4.69, 9.17) is 5.11 Å². The summed E-state index contributed by atoms with van der Waals surface area (Å²) < 4.78 is 112. The van der Waals surface area contributed by atoms with E-state index >= 15 is 0 Å². The van der Waals surface area contributed by atoms with Gasteiger partial charge < -0.3 is 24.8 Å². The van der Waals surface area contributed by atoms with Gasteiger partial charge in [-0.05, 0) is 53.9 Å². The number of carbonyl (C=O) groups excluding carboxylic acids is 1. The van der Waals surface area contributed by atoms with Crippen LogP contribution in [0.3, 0.4) is 0 Å². The molecule has 0 bridgehead atoms. The lowest BCUT2D eigenvalue weighted by Gasteiger charge is -2.40. The monoisotopic (exact) mass is 728 g/mol. The number of piperazine rings is 1. The van der Waals surface area contributed by atoms with Crippen LogP contribution in [-0.2, 0) is 32.6 Å². The number of sulfonamides is 1. The number of nitrogens with one attached hydrogen (secondary N) is 1. The van der Waals surface area contributed by atoms with Gasteiger partial charge in [0.15, 0.2) is 0 Å². The summed E-state index contributed by atoms with van der Waals surface area (Å²) in [5.74, 6) is -2.74. The van der Waals surface area contributed by atoms with Crippen LogP contribution in [-0.4, -0.2) is 83.1 Å². The molecule has 0 aliphatic carbocycles. The average molecular weight is 729 g/mol. The number of alkyl halides is 6. The molecule has 50 heavy (non-hydrogen) atoms. The number of aliphatic carboxylic acids is 1. The Kier molecular flexibility index (Phi) is 10.3. The van der Waals surface area contributed by atoms with Crippen LogP contribution in [0.15, 0.2) is 72.0 Å². The van der Waals surface area contributed by atoms with Gasteiger partial charge >= 0.3 is 18.7 Å². The number of benzene rings is 2. The van der Waals surface area contributed by atoms with Crippen molar-refractivity contribution in [2.75, 3.05) is 24.5 Å². The number of amides is 1. The van der Waals surface area contributed by atoms with Crippen molar-refractivity contribution >= 4 is 38.8 Å². The minimum atomic E-state index is -5.01. The van der Waals surface area contributed by atoms with Gasteiger partial charge in [-0.3, -0.25) is 14.6 Å². The number of fused-ring (bicyclic) bond motifs is 1. The van der Waals surface area contributed by atoms with Crippen LogP contribution in [0.2, 0.25) is 0 Å². The molecular weight excluding hydrogens is 702 g/mol. The number of nitrogens with zero attached hydrogens (tertiary/aromatic N) is 5. The number of aromatic nitrogens is 3. The maximum Gasteiger partial charge on any atom is 0.573 e. The molecule has 5 rings (SSSR count). The topological polar surface area (TPSA) is 164 Å². The second-order valence-electron chi connectivity index (χ2n) is 10.8. The molecule has 1 fully saturated rings. The molecule has 13 nitrogen and oxygen atoms in total. The average Bonchev–Trinajstić information content (AvgIpc) is 3.05. The Hall–Kier alpha value is -5.24. The van der Waals surface area contributed by atoms with E-state index in [1.54, 1.807) is 4.90 Å². The Morgan fingerprint density at radius 3 is 2.12 bits per heavy atom.